The summed E-state index contributed by atoms with van der Waals surface area (Å²) in [6.45, 7) is 2.49. The Morgan fingerprint density at radius 3 is 2.49 bits per heavy atom. The fourth-order valence-corrected chi connectivity index (χ4v) is 6.71. The Kier molecular flexibility index (Phi) is 8.77. The molecule has 10 nitrogen and oxygen atoms in total. The number of benzene rings is 4. The number of hydrogen-bond acceptors (Lipinski definition) is 6. The fraction of sp³-hybridized carbons (Fsp3) is 0.211. The number of aliphatic hydroxyl groups is 2. The quantitative estimate of drug-likeness (QED) is 0.151. The van der Waals surface area contributed by atoms with Crippen LogP contribution >= 0.6 is 11.6 Å². The molecule has 7 rings (SSSR count). The number of aliphatic hydroxyl groups excluding tert-OH is 1. The van der Waals surface area contributed by atoms with Gasteiger partial charge in [-0.2, -0.15) is 0 Å². The summed E-state index contributed by atoms with van der Waals surface area (Å²) in [6.07, 6.45) is 6.19. The molecule has 2 aromatic heterocycles. The molecule has 6 aromatic rings. The third kappa shape index (κ3) is 5.99. The smallest absolute Gasteiger partial charge is 0.279 e. The van der Waals surface area contributed by atoms with E-state index in [1.165, 1.54) is 4.68 Å². The van der Waals surface area contributed by atoms with E-state index in [9.17, 15) is 19.8 Å². The van der Waals surface area contributed by atoms with Crippen molar-refractivity contribution in [3.63, 3.8) is 0 Å². The molecule has 0 saturated heterocycles. The zero-order valence-electron chi connectivity index (χ0n) is 26.8. The van der Waals surface area contributed by atoms with Crippen molar-refractivity contribution < 1.29 is 15.0 Å². The van der Waals surface area contributed by atoms with Gasteiger partial charge in [-0.3, -0.25) is 19.4 Å². The predicted octanol–water partition coefficient (Wildman–Crippen LogP) is 5.70. The first-order valence-electron chi connectivity index (χ1n) is 16.1. The highest BCUT2D eigenvalue weighted by atomic mass is 35.5. The zero-order valence-corrected chi connectivity index (χ0v) is 27.5. The second-order valence-corrected chi connectivity index (χ2v) is 12.8. The van der Waals surface area contributed by atoms with Gasteiger partial charge in [-0.05, 0) is 60.0 Å². The summed E-state index contributed by atoms with van der Waals surface area (Å²) in [5.41, 5.74) is 3.00. The van der Waals surface area contributed by atoms with Crippen LogP contribution in [-0.4, -0.2) is 47.5 Å². The van der Waals surface area contributed by atoms with E-state index in [-0.39, 0.29) is 24.6 Å². The van der Waals surface area contributed by atoms with Crippen LogP contribution in [0.5, 0.6) is 0 Å². The largest absolute Gasteiger partial charge is 0.395 e. The van der Waals surface area contributed by atoms with E-state index in [2.05, 4.69) is 15.4 Å². The minimum Gasteiger partial charge on any atom is -0.395 e. The van der Waals surface area contributed by atoms with Crippen molar-refractivity contribution in [1.29, 1.82) is 0 Å². The maximum absolute atomic E-state index is 14.0. The van der Waals surface area contributed by atoms with Crippen molar-refractivity contribution >= 4 is 34.1 Å². The van der Waals surface area contributed by atoms with E-state index in [0.29, 0.717) is 46.0 Å². The van der Waals surface area contributed by atoms with Crippen LogP contribution in [0.15, 0.2) is 120 Å². The van der Waals surface area contributed by atoms with Crippen LogP contribution in [0.4, 0.5) is 5.69 Å². The Morgan fingerprint density at radius 1 is 0.980 bits per heavy atom. The van der Waals surface area contributed by atoms with Crippen LogP contribution in [0.1, 0.15) is 41.6 Å². The second-order valence-electron chi connectivity index (χ2n) is 12.3. The number of carbonyl (C=O) groups is 1. The molecule has 0 spiro atoms. The number of aromatic nitrogens is 5. The number of allylic oxidation sites excluding steroid dienone is 1. The molecule has 1 amide bonds. The van der Waals surface area contributed by atoms with Crippen molar-refractivity contribution in [3.8, 4) is 5.69 Å². The summed E-state index contributed by atoms with van der Waals surface area (Å²) >= 11 is 6.38. The number of para-hydroxylation sites is 1. The lowest BCUT2D eigenvalue weighted by atomic mass is 9.83. The molecule has 1 unspecified atom stereocenters. The van der Waals surface area contributed by atoms with Gasteiger partial charge < -0.3 is 15.1 Å². The molecule has 0 bridgehead atoms. The normalized spacial score (nSPS) is 17.2. The number of fused-ring (bicyclic) bond motifs is 2. The third-order valence-corrected chi connectivity index (χ3v) is 9.50. The summed E-state index contributed by atoms with van der Waals surface area (Å²) in [4.78, 5) is 28.5. The number of hydrogen-bond donors (Lipinski definition) is 3. The Balaban J connectivity index is 1.05. The average molecular weight is 675 g/mol. The van der Waals surface area contributed by atoms with E-state index in [1.54, 1.807) is 33.8 Å². The fourth-order valence-electron chi connectivity index (χ4n) is 6.53. The molecule has 248 valence electrons. The molecule has 3 heterocycles. The summed E-state index contributed by atoms with van der Waals surface area (Å²) < 4.78 is 3.22. The van der Waals surface area contributed by atoms with Crippen LogP contribution in [-0.2, 0) is 23.5 Å². The van der Waals surface area contributed by atoms with Crippen LogP contribution in [0.2, 0.25) is 5.02 Å². The molecule has 1 aliphatic rings. The Bertz CT molecular complexity index is 2210. The SMILES string of the molecule is C[C@H](/C=C/CCn1cc(C(CO)c2ccccc2)nn1)[C@@]1(O)C(=O)N(Cc2ccc(-n3[nH]c4ccccc4c3=O)cc2)c2ccc(Cl)cc21. The number of aromatic amines is 1. The van der Waals surface area contributed by atoms with E-state index in [0.717, 1.165) is 16.6 Å². The highest BCUT2D eigenvalue weighted by Crippen LogP contribution is 2.46. The third-order valence-electron chi connectivity index (χ3n) is 9.27. The molecule has 3 atom stereocenters. The lowest BCUT2D eigenvalue weighted by Crippen LogP contribution is -2.44. The maximum Gasteiger partial charge on any atom is 0.279 e. The van der Waals surface area contributed by atoms with E-state index in [4.69, 9.17) is 11.6 Å². The number of halogens is 1. The molecule has 49 heavy (non-hydrogen) atoms. The van der Waals surface area contributed by atoms with Gasteiger partial charge in [-0.1, -0.05) is 90.5 Å². The van der Waals surface area contributed by atoms with E-state index < -0.39 is 17.4 Å². The van der Waals surface area contributed by atoms with Gasteiger partial charge in [0.05, 0.1) is 47.0 Å². The minimum atomic E-state index is -1.82. The molecule has 0 fully saturated rings. The van der Waals surface area contributed by atoms with Gasteiger partial charge in [-0.15, -0.1) is 5.10 Å². The number of anilines is 1. The molecule has 4 aromatic carbocycles. The number of rotatable bonds is 11. The lowest BCUT2D eigenvalue weighted by Gasteiger charge is -2.27. The topological polar surface area (TPSA) is 129 Å². The molecule has 3 N–H and O–H groups in total. The van der Waals surface area contributed by atoms with Gasteiger partial charge in [0.25, 0.3) is 11.5 Å². The summed E-state index contributed by atoms with van der Waals surface area (Å²) in [5.74, 6) is -1.26. The van der Waals surface area contributed by atoms with Crippen LogP contribution in [0, 0.1) is 5.92 Å². The van der Waals surface area contributed by atoms with Gasteiger partial charge in [0.2, 0.25) is 0 Å². The standard InChI is InChI=1S/C38H35ClN6O4/c1-25(9-7-8-20-43-23-34(40-42-43)31(24-46)27-10-3-2-4-11-27)38(49)32-21-28(39)16-19-35(32)44(37(38)48)22-26-14-17-29(18-15-26)45-36(47)30-12-5-6-13-33(30)41-45/h2-7,9-19,21,23,25,31,41,46,49H,8,20,22,24H2,1H3/b9-7+/t25-,31?,38+/m1/s1. The molecular formula is C38H35ClN6O4. The number of aryl methyl sites for hydroxylation is 1. The monoisotopic (exact) mass is 674 g/mol. The number of nitrogens with one attached hydrogen (secondary N) is 1. The molecule has 0 saturated carbocycles. The number of carbonyl (C=O) groups excluding carboxylic acids is 1. The predicted molar refractivity (Wildman–Crippen MR) is 189 cm³/mol. The number of H-pyrrole nitrogens is 1. The zero-order chi connectivity index (χ0) is 34.1. The lowest BCUT2D eigenvalue weighted by molar-refractivity contribution is -0.139. The average Bonchev–Trinajstić information content (AvgIpc) is 3.79. The van der Waals surface area contributed by atoms with E-state index >= 15 is 0 Å². The highest BCUT2D eigenvalue weighted by Gasteiger charge is 2.52. The Hall–Kier alpha value is -5.29. The van der Waals surface area contributed by atoms with Gasteiger partial charge in [0.15, 0.2) is 5.60 Å². The van der Waals surface area contributed by atoms with Crippen molar-refractivity contribution in [3.05, 3.63) is 153 Å². The summed E-state index contributed by atoms with van der Waals surface area (Å²) in [6, 6.07) is 29.6. The second kappa shape index (κ2) is 13.3. The first kappa shape index (κ1) is 32.3. The minimum absolute atomic E-state index is 0.0765. The van der Waals surface area contributed by atoms with Crippen molar-refractivity contribution in [2.45, 2.75) is 38.0 Å². The van der Waals surface area contributed by atoms with Crippen LogP contribution in [0.25, 0.3) is 16.6 Å². The molecular weight excluding hydrogens is 640 g/mol. The number of nitrogens with zero attached hydrogens (tertiary/aromatic N) is 5. The van der Waals surface area contributed by atoms with Gasteiger partial charge in [0, 0.05) is 29.2 Å². The summed E-state index contributed by atoms with van der Waals surface area (Å²) in [5, 5.41) is 34.7. The van der Waals surface area contributed by atoms with Crippen molar-refractivity contribution in [1.82, 2.24) is 24.8 Å². The van der Waals surface area contributed by atoms with Crippen molar-refractivity contribution in [2.24, 2.45) is 5.92 Å². The molecule has 0 radical (unpaired) electrons. The first-order chi connectivity index (χ1) is 23.8. The van der Waals surface area contributed by atoms with Crippen molar-refractivity contribution in [2.75, 3.05) is 11.5 Å². The summed E-state index contributed by atoms with van der Waals surface area (Å²) in [7, 11) is 0. The van der Waals surface area contributed by atoms with Crippen LogP contribution < -0.4 is 10.5 Å². The Morgan fingerprint density at radius 2 is 1.73 bits per heavy atom. The van der Waals surface area contributed by atoms with Gasteiger partial charge >= 0.3 is 0 Å². The maximum atomic E-state index is 14.0. The molecule has 11 heteroatoms. The first-order valence-corrected chi connectivity index (χ1v) is 16.5. The van der Waals surface area contributed by atoms with Gasteiger partial charge in [0.1, 0.15) is 0 Å². The number of amides is 1. The highest BCUT2D eigenvalue weighted by molar-refractivity contribution is 6.31. The van der Waals surface area contributed by atoms with E-state index in [1.807, 2.05) is 98.1 Å². The molecule has 1 aliphatic heterocycles. The molecule has 0 aliphatic carbocycles. The Labute approximate surface area is 287 Å². The van der Waals surface area contributed by atoms with Gasteiger partial charge in [-0.25, -0.2) is 4.68 Å². The van der Waals surface area contributed by atoms with Crippen LogP contribution in [0.3, 0.4) is 0 Å².